The highest BCUT2D eigenvalue weighted by atomic mass is 32.2. The van der Waals surface area contributed by atoms with Gasteiger partial charge in [-0.1, -0.05) is 0 Å². The molecule has 0 radical (unpaired) electrons. The summed E-state index contributed by atoms with van der Waals surface area (Å²) >= 11 is 0.988. The van der Waals surface area contributed by atoms with E-state index in [2.05, 4.69) is 9.46 Å². The van der Waals surface area contributed by atoms with E-state index in [1.54, 1.807) is 0 Å². The van der Waals surface area contributed by atoms with Gasteiger partial charge in [-0.25, -0.2) is 22.0 Å². The number of ether oxygens (including phenoxy) is 1. The Bertz CT molecular complexity index is 786. The van der Waals surface area contributed by atoms with E-state index >= 15 is 0 Å². The number of hydrogen-bond donors (Lipinski definition) is 1. The van der Waals surface area contributed by atoms with Gasteiger partial charge in [0, 0.05) is 0 Å². The van der Waals surface area contributed by atoms with Crippen LogP contribution in [0.15, 0.2) is 34.5 Å². The second-order valence-electron chi connectivity index (χ2n) is 3.84. The molecule has 0 saturated carbocycles. The maximum absolute atomic E-state index is 13.1. The number of nitrogens with one attached hydrogen (secondary N) is 1. The molecule has 1 N–H and O–H groups in total. The van der Waals surface area contributed by atoms with Crippen LogP contribution in [0.1, 0.15) is 9.67 Å². The number of hydrogen-bond acceptors (Lipinski definition) is 5. The van der Waals surface area contributed by atoms with Crippen molar-refractivity contribution in [2.45, 2.75) is 4.90 Å². The van der Waals surface area contributed by atoms with Crippen LogP contribution in [0.5, 0.6) is 0 Å². The molecule has 112 valence electrons. The Morgan fingerprint density at radius 3 is 2.57 bits per heavy atom. The molecule has 0 aliphatic heterocycles. The molecule has 0 unspecified atom stereocenters. The second-order valence-corrected chi connectivity index (χ2v) is 6.43. The zero-order valence-electron chi connectivity index (χ0n) is 10.6. The van der Waals surface area contributed by atoms with Gasteiger partial charge in [0.1, 0.15) is 4.88 Å². The fourth-order valence-electron chi connectivity index (χ4n) is 1.49. The Morgan fingerprint density at radius 1 is 1.24 bits per heavy atom. The summed E-state index contributed by atoms with van der Waals surface area (Å²) in [7, 11) is -2.98. The minimum absolute atomic E-state index is 0.0107. The van der Waals surface area contributed by atoms with Crippen LogP contribution in [0.3, 0.4) is 0 Å². The highest BCUT2D eigenvalue weighted by Crippen LogP contribution is 2.26. The molecule has 0 saturated heterocycles. The van der Waals surface area contributed by atoms with Crippen LogP contribution in [0.2, 0.25) is 0 Å². The third-order valence-electron chi connectivity index (χ3n) is 2.48. The van der Waals surface area contributed by atoms with E-state index in [-0.39, 0.29) is 10.6 Å². The lowest BCUT2D eigenvalue weighted by Gasteiger charge is -2.08. The van der Waals surface area contributed by atoms with Crippen molar-refractivity contribution in [2.24, 2.45) is 0 Å². The van der Waals surface area contributed by atoms with Crippen molar-refractivity contribution >= 4 is 33.0 Å². The average molecular weight is 333 g/mol. The third-order valence-corrected chi connectivity index (χ3v) is 4.74. The minimum Gasteiger partial charge on any atom is -0.465 e. The average Bonchev–Trinajstić information content (AvgIpc) is 2.88. The van der Waals surface area contributed by atoms with Crippen LogP contribution in [-0.2, 0) is 14.8 Å². The molecule has 0 aliphatic rings. The Labute approximate surface area is 123 Å². The molecular weight excluding hydrogens is 324 g/mol. The SMILES string of the molecule is COC(=O)c1sccc1NS(=O)(=O)c1ccc(F)c(F)c1. The van der Waals surface area contributed by atoms with E-state index in [0.29, 0.717) is 12.1 Å². The molecule has 0 aliphatic carbocycles. The fourth-order valence-corrected chi connectivity index (χ4v) is 3.40. The summed E-state index contributed by atoms with van der Waals surface area (Å²) in [4.78, 5) is 11.1. The molecular formula is C12H9F2NO4S2. The van der Waals surface area contributed by atoms with Gasteiger partial charge in [-0.05, 0) is 29.6 Å². The molecule has 2 aromatic rings. The summed E-state index contributed by atoms with van der Waals surface area (Å²) in [5.74, 6) is -3.14. The maximum atomic E-state index is 13.1. The van der Waals surface area contributed by atoms with E-state index in [0.717, 1.165) is 24.5 Å². The molecule has 1 heterocycles. The normalized spacial score (nSPS) is 11.2. The summed E-state index contributed by atoms with van der Waals surface area (Å²) in [6.07, 6.45) is 0. The van der Waals surface area contributed by atoms with Gasteiger partial charge in [-0.2, -0.15) is 0 Å². The number of methoxy groups -OCH3 is 1. The zero-order chi connectivity index (χ0) is 15.6. The summed E-state index contributed by atoms with van der Waals surface area (Å²) in [6, 6.07) is 3.56. The van der Waals surface area contributed by atoms with Crippen molar-refractivity contribution in [2.75, 3.05) is 11.8 Å². The molecule has 9 heteroatoms. The molecule has 1 aromatic heterocycles. The highest BCUT2D eigenvalue weighted by Gasteiger charge is 2.21. The number of sulfonamides is 1. The fraction of sp³-hybridized carbons (Fsp3) is 0.0833. The molecule has 1 aromatic carbocycles. The molecule has 0 fully saturated rings. The zero-order valence-corrected chi connectivity index (χ0v) is 12.2. The largest absolute Gasteiger partial charge is 0.465 e. The van der Waals surface area contributed by atoms with Crippen LogP contribution < -0.4 is 4.72 Å². The highest BCUT2D eigenvalue weighted by molar-refractivity contribution is 7.92. The Hall–Kier alpha value is -2.00. The predicted molar refractivity (Wildman–Crippen MR) is 72.8 cm³/mol. The first-order chi connectivity index (χ1) is 9.85. The van der Waals surface area contributed by atoms with E-state index in [4.69, 9.17) is 0 Å². The lowest BCUT2D eigenvalue weighted by molar-refractivity contribution is 0.0607. The number of carbonyl (C=O) groups is 1. The molecule has 0 spiro atoms. The van der Waals surface area contributed by atoms with E-state index in [1.807, 2.05) is 0 Å². The van der Waals surface area contributed by atoms with Gasteiger partial charge < -0.3 is 4.74 Å². The van der Waals surface area contributed by atoms with Crippen molar-refractivity contribution in [1.29, 1.82) is 0 Å². The van der Waals surface area contributed by atoms with E-state index < -0.39 is 32.5 Å². The lowest BCUT2D eigenvalue weighted by atomic mass is 10.3. The molecule has 0 atom stereocenters. The van der Waals surface area contributed by atoms with Crippen LogP contribution in [0, 0.1) is 11.6 Å². The maximum Gasteiger partial charge on any atom is 0.350 e. The van der Waals surface area contributed by atoms with Gasteiger partial charge >= 0.3 is 5.97 Å². The molecule has 5 nitrogen and oxygen atoms in total. The van der Waals surface area contributed by atoms with E-state index in [1.165, 1.54) is 11.4 Å². The van der Waals surface area contributed by atoms with Crippen LogP contribution in [0.4, 0.5) is 14.5 Å². The topological polar surface area (TPSA) is 72.5 Å². The van der Waals surface area contributed by atoms with Crippen molar-refractivity contribution in [3.63, 3.8) is 0 Å². The first-order valence-electron chi connectivity index (χ1n) is 5.49. The van der Waals surface area contributed by atoms with Crippen molar-refractivity contribution in [3.05, 3.63) is 46.2 Å². The first-order valence-corrected chi connectivity index (χ1v) is 7.85. The number of benzene rings is 1. The summed E-state index contributed by atoms with van der Waals surface area (Å²) in [5, 5.41) is 1.50. The second kappa shape index (κ2) is 5.78. The third kappa shape index (κ3) is 3.19. The van der Waals surface area contributed by atoms with Crippen molar-refractivity contribution in [3.8, 4) is 0 Å². The Kier molecular flexibility index (Phi) is 4.24. The van der Waals surface area contributed by atoms with Gasteiger partial charge in [0.15, 0.2) is 11.6 Å². The summed E-state index contributed by atoms with van der Waals surface area (Å²) in [5.41, 5.74) is 0.0107. The van der Waals surface area contributed by atoms with Gasteiger partial charge in [-0.3, -0.25) is 4.72 Å². The Morgan fingerprint density at radius 2 is 1.95 bits per heavy atom. The predicted octanol–water partition coefficient (Wildman–Crippen LogP) is 2.61. The van der Waals surface area contributed by atoms with E-state index in [9.17, 15) is 22.0 Å². The summed E-state index contributed by atoms with van der Waals surface area (Å²) < 4.78 is 56.8. The molecule has 21 heavy (non-hydrogen) atoms. The van der Waals surface area contributed by atoms with Crippen molar-refractivity contribution < 1.29 is 26.7 Å². The lowest BCUT2D eigenvalue weighted by Crippen LogP contribution is -2.15. The number of thiophene rings is 1. The minimum atomic E-state index is -4.14. The standard InChI is InChI=1S/C12H9F2NO4S2/c1-19-12(16)11-10(4-5-20-11)15-21(17,18)7-2-3-8(13)9(14)6-7/h2-6,15H,1H3. The molecule has 2 rings (SSSR count). The molecule has 0 amide bonds. The van der Waals surface area contributed by atoms with Gasteiger partial charge in [0.2, 0.25) is 0 Å². The number of anilines is 1. The smallest absolute Gasteiger partial charge is 0.350 e. The van der Waals surface area contributed by atoms with Gasteiger partial charge in [0.25, 0.3) is 10.0 Å². The Balaban J connectivity index is 2.36. The number of halogens is 2. The van der Waals surface area contributed by atoms with Crippen molar-refractivity contribution in [1.82, 2.24) is 0 Å². The summed E-state index contributed by atoms with van der Waals surface area (Å²) in [6.45, 7) is 0. The van der Waals surface area contributed by atoms with Gasteiger partial charge in [-0.15, -0.1) is 11.3 Å². The monoisotopic (exact) mass is 333 g/mol. The number of carbonyl (C=O) groups excluding carboxylic acids is 1. The first kappa shape index (κ1) is 15.4. The number of rotatable bonds is 4. The van der Waals surface area contributed by atoms with Crippen LogP contribution >= 0.6 is 11.3 Å². The molecule has 0 bridgehead atoms. The number of esters is 1. The van der Waals surface area contributed by atoms with Gasteiger partial charge in [0.05, 0.1) is 17.7 Å². The van der Waals surface area contributed by atoms with Crippen LogP contribution in [0.25, 0.3) is 0 Å². The quantitative estimate of drug-likeness (QED) is 0.873. The van der Waals surface area contributed by atoms with Crippen LogP contribution in [-0.4, -0.2) is 21.5 Å².